The first kappa shape index (κ1) is 20.9. The molecule has 1 aromatic carbocycles. The van der Waals surface area contributed by atoms with Gasteiger partial charge in [-0.2, -0.15) is 0 Å². The molecule has 3 atom stereocenters. The molecule has 1 aromatic rings. The highest BCUT2D eigenvalue weighted by Crippen LogP contribution is 2.50. The molecule has 1 saturated heterocycles. The molecule has 2 aliphatic heterocycles. The summed E-state index contributed by atoms with van der Waals surface area (Å²) in [6.07, 6.45) is 3.21. The van der Waals surface area contributed by atoms with Crippen molar-refractivity contribution in [1.82, 2.24) is 9.80 Å². The third-order valence-electron chi connectivity index (χ3n) is 6.93. The smallest absolute Gasteiger partial charge is 0.314 e. The first-order valence-electron chi connectivity index (χ1n) is 11.0. The zero-order valence-electron chi connectivity index (χ0n) is 18.4. The Balaban J connectivity index is 1.56. The fraction of sp³-hybridized carbons (Fsp3) is 0.625. The van der Waals surface area contributed by atoms with Gasteiger partial charge in [-0.3, -0.25) is 14.4 Å². The van der Waals surface area contributed by atoms with Gasteiger partial charge in [0.05, 0.1) is 5.41 Å². The van der Waals surface area contributed by atoms with Crippen LogP contribution in [-0.2, 0) is 32.1 Å². The fourth-order valence-corrected chi connectivity index (χ4v) is 5.46. The van der Waals surface area contributed by atoms with E-state index in [0.717, 1.165) is 30.4 Å². The molecule has 162 valence electrons. The van der Waals surface area contributed by atoms with Gasteiger partial charge in [0.1, 0.15) is 11.6 Å². The van der Waals surface area contributed by atoms with E-state index in [-0.39, 0.29) is 23.7 Å². The summed E-state index contributed by atoms with van der Waals surface area (Å²) in [6, 6.07) is 7.48. The van der Waals surface area contributed by atoms with E-state index in [1.807, 2.05) is 49.9 Å². The molecule has 4 rings (SSSR count). The van der Waals surface area contributed by atoms with Crippen LogP contribution in [0.25, 0.3) is 0 Å². The summed E-state index contributed by atoms with van der Waals surface area (Å²) in [6.45, 7) is 8.59. The molecule has 0 bridgehead atoms. The highest BCUT2D eigenvalue weighted by Gasteiger charge is 2.57. The zero-order valence-corrected chi connectivity index (χ0v) is 18.4. The number of ether oxygens (including phenoxy) is 1. The molecule has 2 fully saturated rings. The highest BCUT2D eigenvalue weighted by atomic mass is 16.6. The molecule has 0 spiro atoms. The van der Waals surface area contributed by atoms with Crippen LogP contribution in [0.5, 0.6) is 0 Å². The van der Waals surface area contributed by atoms with Crippen LogP contribution in [0.1, 0.15) is 58.1 Å². The van der Waals surface area contributed by atoms with Gasteiger partial charge in [0.2, 0.25) is 11.8 Å². The molecule has 1 saturated carbocycles. The SMILES string of the molecule is CC(=O)N1Cc2ccccc2CC1C(=O)N1C[C@@H]2CCC[C@@]2(C(=O)OC(C)(C)C)C1. The van der Waals surface area contributed by atoms with E-state index in [1.165, 1.54) is 6.92 Å². The standard InChI is InChI=1S/C24H32N2O4/c1-16(27)26-13-18-9-6-5-8-17(18)12-20(26)21(28)25-14-19-10-7-11-24(19,15-25)22(29)30-23(2,3)4/h5-6,8-9,19-20H,7,10-15H2,1-4H3/t19-,20?,24+/m0/s1. The fourth-order valence-electron chi connectivity index (χ4n) is 5.46. The van der Waals surface area contributed by atoms with Crippen molar-refractivity contribution >= 4 is 17.8 Å². The van der Waals surface area contributed by atoms with Gasteiger partial charge >= 0.3 is 5.97 Å². The first-order valence-corrected chi connectivity index (χ1v) is 11.0. The second-order valence-corrected chi connectivity index (χ2v) is 10.1. The van der Waals surface area contributed by atoms with Crippen molar-refractivity contribution in [3.8, 4) is 0 Å². The molecule has 3 aliphatic rings. The molecule has 6 nitrogen and oxygen atoms in total. The number of hydrogen-bond donors (Lipinski definition) is 0. The van der Waals surface area contributed by atoms with Crippen LogP contribution in [0, 0.1) is 11.3 Å². The largest absolute Gasteiger partial charge is 0.459 e. The monoisotopic (exact) mass is 412 g/mol. The average Bonchev–Trinajstić information content (AvgIpc) is 3.23. The van der Waals surface area contributed by atoms with Crippen molar-refractivity contribution in [2.75, 3.05) is 13.1 Å². The number of esters is 1. The number of fused-ring (bicyclic) bond motifs is 2. The minimum Gasteiger partial charge on any atom is -0.459 e. The molecular weight excluding hydrogens is 380 g/mol. The van der Waals surface area contributed by atoms with Crippen molar-refractivity contribution in [3.63, 3.8) is 0 Å². The summed E-state index contributed by atoms with van der Waals surface area (Å²) >= 11 is 0. The van der Waals surface area contributed by atoms with Crippen LogP contribution in [-0.4, -0.2) is 52.3 Å². The van der Waals surface area contributed by atoms with Gasteiger partial charge in [0, 0.05) is 33.0 Å². The maximum absolute atomic E-state index is 13.6. The Hall–Kier alpha value is -2.37. The van der Waals surface area contributed by atoms with Crippen LogP contribution in [0.2, 0.25) is 0 Å². The summed E-state index contributed by atoms with van der Waals surface area (Å²) in [5.41, 5.74) is 1.07. The first-order chi connectivity index (χ1) is 14.1. The van der Waals surface area contributed by atoms with Crippen molar-refractivity contribution in [2.24, 2.45) is 11.3 Å². The van der Waals surface area contributed by atoms with E-state index >= 15 is 0 Å². The Morgan fingerprint density at radius 2 is 1.83 bits per heavy atom. The van der Waals surface area contributed by atoms with E-state index < -0.39 is 17.1 Å². The summed E-state index contributed by atoms with van der Waals surface area (Å²) in [4.78, 5) is 42.6. The Labute approximate surface area is 178 Å². The summed E-state index contributed by atoms with van der Waals surface area (Å²) in [7, 11) is 0. The number of rotatable bonds is 2. The Morgan fingerprint density at radius 1 is 1.13 bits per heavy atom. The normalized spacial score (nSPS) is 28.1. The van der Waals surface area contributed by atoms with Gasteiger partial charge in [-0.1, -0.05) is 30.7 Å². The van der Waals surface area contributed by atoms with E-state index in [0.29, 0.717) is 26.1 Å². The lowest BCUT2D eigenvalue weighted by Gasteiger charge is -2.37. The molecule has 1 aliphatic carbocycles. The quantitative estimate of drug-likeness (QED) is 0.701. The van der Waals surface area contributed by atoms with Crippen LogP contribution in [0.15, 0.2) is 24.3 Å². The van der Waals surface area contributed by atoms with E-state index in [9.17, 15) is 14.4 Å². The third kappa shape index (κ3) is 3.61. The Kier molecular flexibility index (Phi) is 5.15. The number of hydrogen-bond acceptors (Lipinski definition) is 4. The van der Waals surface area contributed by atoms with Gasteiger partial charge in [0.25, 0.3) is 0 Å². The molecule has 0 aromatic heterocycles. The van der Waals surface area contributed by atoms with Crippen LogP contribution in [0.4, 0.5) is 0 Å². The van der Waals surface area contributed by atoms with Gasteiger partial charge in [0.15, 0.2) is 0 Å². The maximum Gasteiger partial charge on any atom is 0.314 e. The number of likely N-dealkylation sites (tertiary alicyclic amines) is 1. The summed E-state index contributed by atoms with van der Waals surface area (Å²) < 4.78 is 5.76. The van der Waals surface area contributed by atoms with Crippen LogP contribution >= 0.6 is 0 Å². The summed E-state index contributed by atoms with van der Waals surface area (Å²) in [5.74, 6) is -0.177. The van der Waals surface area contributed by atoms with Crippen molar-refractivity contribution in [3.05, 3.63) is 35.4 Å². The maximum atomic E-state index is 13.6. The van der Waals surface area contributed by atoms with Crippen LogP contribution < -0.4 is 0 Å². The highest BCUT2D eigenvalue weighted by molar-refractivity contribution is 5.89. The van der Waals surface area contributed by atoms with Crippen molar-refractivity contribution < 1.29 is 19.1 Å². The van der Waals surface area contributed by atoms with Crippen LogP contribution in [0.3, 0.4) is 0 Å². The lowest BCUT2D eigenvalue weighted by atomic mass is 9.80. The second-order valence-electron chi connectivity index (χ2n) is 10.1. The van der Waals surface area contributed by atoms with Gasteiger partial charge in [-0.15, -0.1) is 0 Å². The van der Waals surface area contributed by atoms with Gasteiger partial charge < -0.3 is 14.5 Å². The van der Waals surface area contributed by atoms with E-state index in [2.05, 4.69) is 0 Å². The lowest BCUT2D eigenvalue weighted by molar-refractivity contribution is -0.168. The summed E-state index contributed by atoms with van der Waals surface area (Å²) in [5, 5.41) is 0. The number of nitrogens with zero attached hydrogens (tertiary/aromatic N) is 2. The molecular formula is C24H32N2O4. The van der Waals surface area contributed by atoms with E-state index in [1.54, 1.807) is 4.90 Å². The van der Waals surface area contributed by atoms with Crippen molar-refractivity contribution in [1.29, 1.82) is 0 Å². The topological polar surface area (TPSA) is 66.9 Å². The third-order valence-corrected chi connectivity index (χ3v) is 6.93. The predicted octanol–water partition coefficient (Wildman–Crippen LogP) is 2.93. The molecule has 2 amide bonds. The Bertz CT molecular complexity index is 874. The molecule has 0 radical (unpaired) electrons. The van der Waals surface area contributed by atoms with Gasteiger partial charge in [-0.25, -0.2) is 0 Å². The zero-order chi connectivity index (χ0) is 21.7. The molecule has 1 unspecified atom stereocenters. The molecule has 2 heterocycles. The number of amides is 2. The lowest BCUT2D eigenvalue weighted by Crippen LogP contribution is -2.53. The molecule has 30 heavy (non-hydrogen) atoms. The molecule has 0 N–H and O–H groups in total. The number of carbonyl (C=O) groups excluding carboxylic acids is 3. The van der Waals surface area contributed by atoms with E-state index in [4.69, 9.17) is 4.74 Å². The number of benzene rings is 1. The minimum absolute atomic E-state index is 0.0444. The molecule has 6 heteroatoms. The number of carbonyl (C=O) groups is 3. The minimum atomic E-state index is -0.601. The van der Waals surface area contributed by atoms with Crippen molar-refractivity contribution in [2.45, 2.75) is 71.6 Å². The van der Waals surface area contributed by atoms with Gasteiger partial charge in [-0.05, 0) is 50.7 Å². The predicted molar refractivity (Wildman–Crippen MR) is 112 cm³/mol. The Morgan fingerprint density at radius 3 is 2.50 bits per heavy atom. The average molecular weight is 413 g/mol. The second kappa shape index (κ2) is 7.40.